The Bertz CT molecular complexity index is 1140. The van der Waals surface area contributed by atoms with Crippen molar-refractivity contribution in [3.8, 4) is 11.1 Å². The maximum atomic E-state index is 12.9. The lowest BCUT2D eigenvalue weighted by molar-refractivity contribution is 0.114. The highest BCUT2D eigenvalue weighted by molar-refractivity contribution is 5.72. The van der Waals surface area contributed by atoms with Gasteiger partial charge in [0.15, 0.2) is 0 Å². The number of nitrogens with one attached hydrogen (secondary N) is 2. The third-order valence-electron chi connectivity index (χ3n) is 5.56. The molecule has 1 aliphatic heterocycles. The van der Waals surface area contributed by atoms with E-state index in [0.29, 0.717) is 12.2 Å². The predicted molar refractivity (Wildman–Crippen MR) is 108 cm³/mol. The van der Waals surface area contributed by atoms with Crippen LogP contribution in [-0.2, 0) is 11.3 Å². The molecule has 1 saturated heterocycles. The van der Waals surface area contributed by atoms with Crippen LogP contribution in [0.5, 0.6) is 0 Å². The van der Waals surface area contributed by atoms with Crippen LogP contribution in [0.15, 0.2) is 42.9 Å². The number of carbonyl (C=O) groups excluding carboxylic acids is 1. The number of hydrogen-bond donors (Lipinski definition) is 2. The van der Waals surface area contributed by atoms with Crippen molar-refractivity contribution in [2.45, 2.75) is 44.4 Å². The molecule has 2 N–H and O–H groups in total. The molecular formula is C21H20F2N6O2. The third kappa shape index (κ3) is 3.92. The molecule has 3 aromatic rings. The number of aryl methyl sites for hydroxylation is 1. The molecule has 0 unspecified atom stereocenters. The van der Waals surface area contributed by atoms with E-state index in [2.05, 4.69) is 25.7 Å². The average Bonchev–Trinajstić information content (AvgIpc) is 3.22. The van der Waals surface area contributed by atoms with E-state index in [1.807, 2.05) is 31.3 Å². The van der Waals surface area contributed by atoms with Crippen LogP contribution in [0.3, 0.4) is 0 Å². The van der Waals surface area contributed by atoms with Gasteiger partial charge in [0.25, 0.3) is 6.43 Å². The van der Waals surface area contributed by atoms with Crippen molar-refractivity contribution >= 4 is 17.7 Å². The standard InChI is InChI=1S/C21H20F2N6O2/c1-12-6-13(8-15(7-12)26-19-24-5-2-16(27-19)18(22)23)14-9-25-29(10-14)11-17-21(3-4-21)28-20(30)31-17/h2,5-10,17-18H,3-4,11H2,1H3,(H,28,30)(H,24,26,27)/t17-/m1/s1. The molecule has 160 valence electrons. The second-order valence-corrected chi connectivity index (χ2v) is 7.94. The Morgan fingerprint density at radius 1 is 1.32 bits per heavy atom. The molecule has 0 bridgehead atoms. The van der Waals surface area contributed by atoms with Crippen molar-refractivity contribution in [2.24, 2.45) is 0 Å². The topological polar surface area (TPSA) is 94.0 Å². The first kappa shape index (κ1) is 19.4. The molecule has 31 heavy (non-hydrogen) atoms. The molecule has 2 aliphatic rings. The number of benzene rings is 1. The van der Waals surface area contributed by atoms with Crippen molar-refractivity contribution in [3.63, 3.8) is 0 Å². The summed E-state index contributed by atoms with van der Waals surface area (Å²) in [4.78, 5) is 19.5. The molecule has 0 radical (unpaired) electrons. The highest BCUT2D eigenvalue weighted by Gasteiger charge is 2.57. The van der Waals surface area contributed by atoms with Gasteiger partial charge in [-0.25, -0.2) is 23.5 Å². The second kappa shape index (κ2) is 7.29. The van der Waals surface area contributed by atoms with Crippen molar-refractivity contribution in [3.05, 3.63) is 54.1 Å². The largest absolute Gasteiger partial charge is 0.442 e. The Morgan fingerprint density at radius 3 is 2.94 bits per heavy atom. The number of rotatable bonds is 6. The van der Waals surface area contributed by atoms with Gasteiger partial charge < -0.3 is 15.4 Å². The molecule has 1 aliphatic carbocycles. The summed E-state index contributed by atoms with van der Waals surface area (Å²) in [5.74, 6) is 0.107. The number of halogens is 2. The fourth-order valence-corrected chi connectivity index (χ4v) is 3.84. The Balaban J connectivity index is 1.35. The van der Waals surface area contributed by atoms with E-state index in [0.717, 1.165) is 29.5 Å². The number of ether oxygens (including phenoxy) is 1. The summed E-state index contributed by atoms with van der Waals surface area (Å²) in [5.41, 5.74) is 2.87. The number of aromatic nitrogens is 4. The normalized spacial score (nSPS) is 18.8. The van der Waals surface area contributed by atoms with Gasteiger partial charge in [-0.05, 0) is 49.1 Å². The van der Waals surface area contributed by atoms with Crippen LogP contribution >= 0.6 is 0 Å². The predicted octanol–water partition coefficient (Wildman–Crippen LogP) is 3.97. The Labute approximate surface area is 176 Å². The van der Waals surface area contributed by atoms with Gasteiger partial charge in [-0.2, -0.15) is 5.10 Å². The van der Waals surface area contributed by atoms with Crippen molar-refractivity contribution in [1.82, 2.24) is 25.1 Å². The van der Waals surface area contributed by atoms with Crippen LogP contribution in [0.25, 0.3) is 11.1 Å². The molecule has 8 nitrogen and oxygen atoms in total. The van der Waals surface area contributed by atoms with Crippen molar-refractivity contribution in [2.75, 3.05) is 5.32 Å². The highest BCUT2D eigenvalue weighted by atomic mass is 19.3. The van der Waals surface area contributed by atoms with Crippen LogP contribution in [0.4, 0.5) is 25.2 Å². The zero-order chi connectivity index (χ0) is 21.6. The summed E-state index contributed by atoms with van der Waals surface area (Å²) in [6.07, 6.45) is 3.51. The van der Waals surface area contributed by atoms with Crippen LogP contribution < -0.4 is 10.6 Å². The Hall–Kier alpha value is -3.56. The Kier molecular flexibility index (Phi) is 4.57. The van der Waals surface area contributed by atoms with Crippen LogP contribution in [0, 0.1) is 6.92 Å². The van der Waals surface area contributed by atoms with Gasteiger partial charge in [0.05, 0.1) is 18.3 Å². The van der Waals surface area contributed by atoms with Gasteiger partial charge in [-0.15, -0.1) is 0 Å². The zero-order valence-electron chi connectivity index (χ0n) is 16.7. The van der Waals surface area contributed by atoms with E-state index in [1.54, 1.807) is 10.9 Å². The fourth-order valence-electron chi connectivity index (χ4n) is 3.84. The second-order valence-electron chi connectivity index (χ2n) is 7.94. The molecule has 2 aromatic heterocycles. The molecule has 1 spiro atoms. The van der Waals surface area contributed by atoms with Gasteiger partial charge >= 0.3 is 6.09 Å². The maximum Gasteiger partial charge on any atom is 0.408 e. The number of cyclic esters (lactones) is 1. The minimum absolute atomic E-state index is 0.107. The van der Waals surface area contributed by atoms with E-state index in [1.165, 1.54) is 12.3 Å². The van der Waals surface area contributed by atoms with E-state index in [4.69, 9.17) is 4.74 Å². The zero-order valence-corrected chi connectivity index (χ0v) is 16.7. The minimum Gasteiger partial charge on any atom is -0.442 e. The fraction of sp³-hybridized carbons (Fsp3) is 0.333. The van der Waals surface area contributed by atoms with Crippen LogP contribution in [-0.4, -0.2) is 37.5 Å². The number of alkyl halides is 2. The average molecular weight is 426 g/mol. The van der Waals surface area contributed by atoms with Gasteiger partial charge in [-0.1, -0.05) is 6.07 Å². The molecule has 1 atom stereocenters. The molecule has 5 rings (SSSR count). The summed E-state index contributed by atoms with van der Waals surface area (Å²) in [5, 5.41) is 10.3. The number of alkyl carbamates (subject to hydrolysis) is 1. The first-order chi connectivity index (χ1) is 14.9. The van der Waals surface area contributed by atoms with Crippen molar-refractivity contribution < 1.29 is 18.3 Å². The summed E-state index contributed by atoms with van der Waals surface area (Å²) in [6, 6.07) is 6.95. The number of hydrogen-bond acceptors (Lipinski definition) is 6. The summed E-state index contributed by atoms with van der Waals surface area (Å²) < 4.78 is 33.0. The smallest absolute Gasteiger partial charge is 0.408 e. The van der Waals surface area contributed by atoms with E-state index >= 15 is 0 Å². The summed E-state index contributed by atoms with van der Waals surface area (Å²) in [7, 11) is 0. The lowest BCUT2D eigenvalue weighted by atomic mass is 10.1. The lowest BCUT2D eigenvalue weighted by Gasteiger charge is -2.15. The third-order valence-corrected chi connectivity index (χ3v) is 5.56. The van der Waals surface area contributed by atoms with E-state index < -0.39 is 6.43 Å². The van der Waals surface area contributed by atoms with Crippen LogP contribution in [0.1, 0.15) is 30.5 Å². The monoisotopic (exact) mass is 426 g/mol. The molecule has 1 amide bonds. The Morgan fingerprint density at radius 2 is 2.16 bits per heavy atom. The number of nitrogens with zero attached hydrogens (tertiary/aromatic N) is 4. The SMILES string of the molecule is Cc1cc(Nc2nccc(C(F)F)n2)cc(-c2cnn(C[C@H]3OC(=O)NC34CC4)c2)c1. The summed E-state index contributed by atoms with van der Waals surface area (Å²) >= 11 is 0. The minimum atomic E-state index is -2.66. The number of anilines is 2. The van der Waals surface area contributed by atoms with Gasteiger partial charge in [0, 0.05) is 23.6 Å². The maximum absolute atomic E-state index is 12.9. The molecule has 1 aromatic carbocycles. The first-order valence-electron chi connectivity index (χ1n) is 9.92. The van der Waals surface area contributed by atoms with Gasteiger partial charge in [0.2, 0.25) is 5.95 Å². The first-order valence-corrected chi connectivity index (χ1v) is 9.92. The van der Waals surface area contributed by atoms with Crippen LogP contribution in [0.2, 0.25) is 0 Å². The number of carbonyl (C=O) groups is 1. The molecular weight excluding hydrogens is 406 g/mol. The van der Waals surface area contributed by atoms with E-state index in [9.17, 15) is 13.6 Å². The summed E-state index contributed by atoms with van der Waals surface area (Å²) in [6.45, 7) is 2.42. The van der Waals surface area contributed by atoms with Crippen molar-refractivity contribution in [1.29, 1.82) is 0 Å². The molecule has 2 fully saturated rings. The molecule has 1 saturated carbocycles. The quantitative estimate of drug-likeness (QED) is 0.620. The number of amides is 1. The molecule has 10 heteroatoms. The molecule has 3 heterocycles. The van der Waals surface area contributed by atoms with Gasteiger partial charge in [0.1, 0.15) is 11.8 Å². The van der Waals surface area contributed by atoms with E-state index in [-0.39, 0.29) is 29.4 Å². The lowest BCUT2D eigenvalue weighted by Crippen LogP contribution is -2.36. The van der Waals surface area contributed by atoms with Gasteiger partial charge in [-0.3, -0.25) is 4.68 Å². The highest BCUT2D eigenvalue weighted by Crippen LogP contribution is 2.44.